The third-order valence-electron chi connectivity index (χ3n) is 3.94. The first-order chi connectivity index (χ1) is 12.1. The van der Waals surface area contributed by atoms with Crippen molar-refractivity contribution in [3.63, 3.8) is 0 Å². The van der Waals surface area contributed by atoms with Gasteiger partial charge < -0.3 is 14.8 Å². The van der Waals surface area contributed by atoms with Gasteiger partial charge in [-0.1, -0.05) is 28.7 Å². The first-order valence-electron chi connectivity index (χ1n) is 7.75. The van der Waals surface area contributed by atoms with Gasteiger partial charge in [-0.25, -0.2) is 9.97 Å². The van der Waals surface area contributed by atoms with Gasteiger partial charge in [0.05, 0.1) is 34.7 Å². The standard InChI is InChI=1S/C18H17N3O2S2/c1-9-5-10(2)16-15(6-9)25-18(20-16)21-17-19-11-7-12(22-3)13(23-4)8-14(11)24-17/h5-8H,1-4H3,(H,19,20,21). The second kappa shape index (κ2) is 6.16. The van der Waals surface area contributed by atoms with Crippen LogP contribution in [-0.2, 0) is 0 Å². The highest BCUT2D eigenvalue weighted by Gasteiger charge is 2.13. The molecule has 0 amide bonds. The molecule has 0 saturated carbocycles. The lowest BCUT2D eigenvalue weighted by molar-refractivity contribution is 0.356. The van der Waals surface area contributed by atoms with Gasteiger partial charge in [0.1, 0.15) is 0 Å². The van der Waals surface area contributed by atoms with Crippen LogP contribution in [0.25, 0.3) is 20.4 Å². The molecule has 0 spiro atoms. The second-order valence-corrected chi connectivity index (χ2v) is 7.83. The Labute approximate surface area is 153 Å². The number of methoxy groups -OCH3 is 2. The summed E-state index contributed by atoms with van der Waals surface area (Å²) in [7, 11) is 3.26. The van der Waals surface area contributed by atoms with Gasteiger partial charge in [-0.3, -0.25) is 0 Å². The van der Waals surface area contributed by atoms with Crippen LogP contribution in [0.5, 0.6) is 11.5 Å². The molecule has 4 aromatic rings. The lowest BCUT2D eigenvalue weighted by Gasteiger charge is -2.05. The van der Waals surface area contributed by atoms with Crippen molar-refractivity contribution in [2.24, 2.45) is 0 Å². The number of hydrogen-bond acceptors (Lipinski definition) is 7. The van der Waals surface area contributed by atoms with E-state index in [1.54, 1.807) is 36.9 Å². The Morgan fingerprint density at radius 1 is 0.840 bits per heavy atom. The largest absolute Gasteiger partial charge is 0.493 e. The number of aromatic nitrogens is 2. The van der Waals surface area contributed by atoms with Crippen LogP contribution < -0.4 is 14.8 Å². The van der Waals surface area contributed by atoms with Crippen molar-refractivity contribution in [3.8, 4) is 11.5 Å². The van der Waals surface area contributed by atoms with E-state index in [9.17, 15) is 0 Å². The average molecular weight is 371 g/mol. The summed E-state index contributed by atoms with van der Waals surface area (Å²) in [5, 5.41) is 4.99. The number of nitrogens with one attached hydrogen (secondary N) is 1. The molecule has 0 fully saturated rings. The molecule has 128 valence electrons. The molecule has 0 unspecified atom stereocenters. The van der Waals surface area contributed by atoms with Gasteiger partial charge in [0, 0.05) is 12.1 Å². The Kier molecular flexibility index (Phi) is 3.97. The average Bonchev–Trinajstić information content (AvgIpc) is 3.16. The van der Waals surface area contributed by atoms with Gasteiger partial charge in [-0.15, -0.1) is 0 Å². The number of rotatable bonds is 4. The first-order valence-corrected chi connectivity index (χ1v) is 9.38. The fraction of sp³-hybridized carbons (Fsp3) is 0.222. The Hall–Kier alpha value is -2.38. The van der Waals surface area contributed by atoms with Crippen LogP contribution in [-0.4, -0.2) is 24.2 Å². The molecule has 25 heavy (non-hydrogen) atoms. The van der Waals surface area contributed by atoms with Crippen molar-refractivity contribution in [3.05, 3.63) is 35.4 Å². The number of hydrogen-bond donors (Lipinski definition) is 1. The second-order valence-electron chi connectivity index (χ2n) is 5.77. The monoisotopic (exact) mass is 371 g/mol. The molecule has 1 N–H and O–H groups in total. The van der Waals surface area contributed by atoms with E-state index in [-0.39, 0.29) is 0 Å². The summed E-state index contributed by atoms with van der Waals surface area (Å²) < 4.78 is 12.9. The molecule has 0 bridgehead atoms. The Morgan fingerprint density at radius 2 is 1.52 bits per heavy atom. The van der Waals surface area contributed by atoms with E-state index in [1.807, 2.05) is 12.1 Å². The molecule has 0 aliphatic carbocycles. The summed E-state index contributed by atoms with van der Waals surface area (Å²) in [6, 6.07) is 8.16. The quantitative estimate of drug-likeness (QED) is 0.529. The van der Waals surface area contributed by atoms with Crippen molar-refractivity contribution >= 4 is 53.4 Å². The summed E-state index contributed by atoms with van der Waals surface area (Å²) >= 11 is 3.21. The normalized spacial score (nSPS) is 11.2. The molecule has 7 heteroatoms. The smallest absolute Gasteiger partial charge is 0.190 e. The van der Waals surface area contributed by atoms with Gasteiger partial charge >= 0.3 is 0 Å². The van der Waals surface area contributed by atoms with Crippen LogP contribution >= 0.6 is 22.7 Å². The molecular weight excluding hydrogens is 354 g/mol. The lowest BCUT2D eigenvalue weighted by atomic mass is 10.1. The summed E-state index contributed by atoms with van der Waals surface area (Å²) in [5.74, 6) is 1.38. The number of thiazole rings is 2. The molecule has 0 saturated heterocycles. The van der Waals surface area contributed by atoms with Gasteiger partial charge in [0.15, 0.2) is 21.8 Å². The van der Waals surface area contributed by atoms with Crippen LogP contribution in [0.4, 0.5) is 10.3 Å². The molecule has 4 rings (SSSR count). The van der Waals surface area contributed by atoms with Gasteiger partial charge in [-0.2, -0.15) is 0 Å². The molecular formula is C18H17N3O2S2. The minimum atomic E-state index is 0.679. The lowest BCUT2D eigenvalue weighted by Crippen LogP contribution is -1.90. The molecule has 0 atom stereocenters. The SMILES string of the molecule is COc1cc2nc(Nc3nc4c(C)cc(C)cc4s3)sc2cc1OC. The predicted octanol–water partition coefficient (Wildman–Crippen LogP) is 5.28. The number of benzene rings is 2. The Morgan fingerprint density at radius 3 is 2.28 bits per heavy atom. The van der Waals surface area contributed by atoms with Crippen LogP contribution in [0.2, 0.25) is 0 Å². The Bertz CT molecular complexity index is 1040. The van der Waals surface area contributed by atoms with Crippen molar-refractivity contribution < 1.29 is 9.47 Å². The molecule has 5 nitrogen and oxygen atoms in total. The summed E-state index contributed by atoms with van der Waals surface area (Å²) in [5.41, 5.74) is 4.36. The van der Waals surface area contributed by atoms with Gasteiger partial charge in [0.25, 0.3) is 0 Å². The zero-order valence-corrected chi connectivity index (χ0v) is 16.0. The molecule has 2 heterocycles. The van der Waals surface area contributed by atoms with Gasteiger partial charge in [-0.05, 0) is 31.0 Å². The number of aryl methyl sites for hydroxylation is 2. The fourth-order valence-electron chi connectivity index (χ4n) is 2.82. The van der Waals surface area contributed by atoms with E-state index in [2.05, 4.69) is 36.3 Å². The van der Waals surface area contributed by atoms with Crippen LogP contribution in [0.3, 0.4) is 0 Å². The maximum atomic E-state index is 5.36. The third kappa shape index (κ3) is 2.89. The maximum Gasteiger partial charge on any atom is 0.190 e. The summed E-state index contributed by atoms with van der Waals surface area (Å²) in [4.78, 5) is 9.35. The van der Waals surface area contributed by atoms with E-state index in [1.165, 1.54) is 15.8 Å². The molecule has 2 aromatic carbocycles. The topological polar surface area (TPSA) is 56.3 Å². The first kappa shape index (κ1) is 16.1. The minimum Gasteiger partial charge on any atom is -0.493 e. The van der Waals surface area contributed by atoms with Crippen molar-refractivity contribution in [1.82, 2.24) is 9.97 Å². The van der Waals surface area contributed by atoms with Crippen LogP contribution in [0.15, 0.2) is 24.3 Å². The van der Waals surface area contributed by atoms with Crippen molar-refractivity contribution in [2.75, 3.05) is 19.5 Å². The van der Waals surface area contributed by atoms with E-state index < -0.39 is 0 Å². The third-order valence-corrected chi connectivity index (χ3v) is 5.79. The summed E-state index contributed by atoms with van der Waals surface area (Å²) in [6.45, 7) is 4.20. The highest BCUT2D eigenvalue weighted by Crippen LogP contribution is 2.38. The van der Waals surface area contributed by atoms with Crippen molar-refractivity contribution in [1.29, 1.82) is 0 Å². The van der Waals surface area contributed by atoms with E-state index in [0.29, 0.717) is 11.5 Å². The molecule has 0 radical (unpaired) electrons. The highest BCUT2D eigenvalue weighted by molar-refractivity contribution is 7.24. The van der Waals surface area contributed by atoms with E-state index in [0.717, 1.165) is 26.0 Å². The van der Waals surface area contributed by atoms with Crippen LogP contribution in [0.1, 0.15) is 11.1 Å². The van der Waals surface area contributed by atoms with E-state index in [4.69, 9.17) is 14.5 Å². The minimum absolute atomic E-state index is 0.679. The maximum absolute atomic E-state index is 5.36. The predicted molar refractivity (Wildman–Crippen MR) is 105 cm³/mol. The van der Waals surface area contributed by atoms with Gasteiger partial charge in [0.2, 0.25) is 0 Å². The van der Waals surface area contributed by atoms with Crippen LogP contribution in [0, 0.1) is 13.8 Å². The number of fused-ring (bicyclic) bond motifs is 2. The number of ether oxygens (including phenoxy) is 2. The number of anilines is 2. The van der Waals surface area contributed by atoms with Crippen molar-refractivity contribution in [2.45, 2.75) is 13.8 Å². The highest BCUT2D eigenvalue weighted by atomic mass is 32.1. The van der Waals surface area contributed by atoms with E-state index >= 15 is 0 Å². The molecule has 0 aliphatic rings. The summed E-state index contributed by atoms with van der Waals surface area (Å²) in [6.07, 6.45) is 0. The number of nitrogens with zero attached hydrogens (tertiary/aromatic N) is 2. The molecule has 2 aromatic heterocycles. The Balaban J connectivity index is 1.72. The molecule has 0 aliphatic heterocycles. The zero-order valence-electron chi connectivity index (χ0n) is 14.3. The zero-order chi connectivity index (χ0) is 17.6. The fourth-order valence-corrected chi connectivity index (χ4v) is 4.80.